The number of piperidine rings is 1. The summed E-state index contributed by atoms with van der Waals surface area (Å²) in [5.41, 5.74) is 8.91. The van der Waals surface area contributed by atoms with Crippen LogP contribution in [0.1, 0.15) is 83.5 Å². The van der Waals surface area contributed by atoms with Gasteiger partial charge in [0.05, 0.1) is 25.3 Å². The number of H-pyrrole nitrogens is 1. The second-order valence-corrected chi connectivity index (χ2v) is 17.2. The van der Waals surface area contributed by atoms with Gasteiger partial charge in [0, 0.05) is 84.3 Å². The third-order valence-electron chi connectivity index (χ3n) is 12.7. The molecule has 1 atom stereocenters. The normalized spacial score (nSPS) is 15.6. The van der Waals surface area contributed by atoms with Crippen molar-refractivity contribution in [2.24, 2.45) is 0 Å². The van der Waals surface area contributed by atoms with Crippen LogP contribution in [0, 0.1) is 20.8 Å². The number of carbonyl (C=O) groups is 3. The van der Waals surface area contributed by atoms with Crippen molar-refractivity contribution in [2.45, 2.75) is 84.8 Å². The van der Waals surface area contributed by atoms with Gasteiger partial charge in [0.15, 0.2) is 0 Å². The number of fused-ring (bicyclic) bond motifs is 3. The minimum atomic E-state index is -0.493. The number of ether oxygens (including phenoxy) is 4. The number of rotatable bonds is 19. The molecule has 8 rings (SSSR count). The van der Waals surface area contributed by atoms with E-state index < -0.39 is 6.04 Å². The molecular weight excluding hydrogens is 837 g/mol. The van der Waals surface area contributed by atoms with Crippen LogP contribution in [-0.4, -0.2) is 91.1 Å². The maximum atomic E-state index is 13.9. The largest absolute Gasteiger partial charge is 0.491 e. The van der Waals surface area contributed by atoms with Gasteiger partial charge >= 0.3 is 0 Å². The highest BCUT2D eigenvalue weighted by molar-refractivity contribution is 6.09. The van der Waals surface area contributed by atoms with E-state index in [1.54, 1.807) is 0 Å². The number of para-hydroxylation sites is 1. The molecule has 0 saturated carbocycles. The summed E-state index contributed by atoms with van der Waals surface area (Å²) in [6, 6.07) is 25.8. The fourth-order valence-electron chi connectivity index (χ4n) is 9.32. The van der Waals surface area contributed by atoms with Gasteiger partial charge in [0.1, 0.15) is 24.0 Å². The van der Waals surface area contributed by atoms with E-state index in [4.69, 9.17) is 23.9 Å². The minimum Gasteiger partial charge on any atom is -0.491 e. The standard InChI is InChI=1S/C52H60N6O8/c1-5-57(39-20-23-64-24-21-39)47-31-37(30-43(35(47)4)50(60)53-32-44-33(2)29-34(3)54-51(44)61)36-12-15-40(16-13-36)66-28-27-65-26-25-63-22-8-9-38-14-17-42-41-10-6-7-11-45(41)58(49(42)55-38)46-18-19-48(59)56-52(46)62/h6-7,10-17,29-31,39,46H,5,8-9,18-28,32H2,1-4H3,(H,53,60)(H,54,61)(H,56,59,62). The smallest absolute Gasteiger partial charge is 0.253 e. The van der Waals surface area contributed by atoms with Crippen molar-refractivity contribution in [3.63, 3.8) is 0 Å². The molecule has 2 aliphatic heterocycles. The van der Waals surface area contributed by atoms with Crippen molar-refractivity contribution in [1.82, 2.24) is 25.2 Å². The third-order valence-corrected chi connectivity index (χ3v) is 12.7. The molecule has 66 heavy (non-hydrogen) atoms. The number of nitrogens with one attached hydrogen (secondary N) is 3. The van der Waals surface area contributed by atoms with E-state index in [-0.39, 0.29) is 29.8 Å². The molecule has 3 N–H and O–H groups in total. The topological polar surface area (TPSA) is 166 Å². The van der Waals surface area contributed by atoms with E-state index in [9.17, 15) is 19.2 Å². The maximum absolute atomic E-state index is 13.9. The van der Waals surface area contributed by atoms with E-state index in [1.165, 1.54) is 0 Å². The molecular formula is C52H60N6O8. The summed E-state index contributed by atoms with van der Waals surface area (Å²) in [7, 11) is 0. The van der Waals surface area contributed by atoms with Crippen LogP contribution in [0.5, 0.6) is 5.75 Å². The van der Waals surface area contributed by atoms with Crippen LogP contribution >= 0.6 is 0 Å². The number of amides is 3. The van der Waals surface area contributed by atoms with Gasteiger partial charge < -0.3 is 38.7 Å². The van der Waals surface area contributed by atoms with Crippen LogP contribution in [0.15, 0.2) is 83.7 Å². The molecule has 2 fully saturated rings. The van der Waals surface area contributed by atoms with Crippen molar-refractivity contribution in [3.8, 4) is 16.9 Å². The summed E-state index contributed by atoms with van der Waals surface area (Å²) in [6.07, 6.45) is 4.06. The van der Waals surface area contributed by atoms with Crippen molar-refractivity contribution in [3.05, 3.63) is 123 Å². The van der Waals surface area contributed by atoms with E-state index in [1.807, 2.05) is 92.1 Å². The Morgan fingerprint density at radius 1 is 0.864 bits per heavy atom. The van der Waals surface area contributed by atoms with E-state index >= 15 is 0 Å². The summed E-state index contributed by atoms with van der Waals surface area (Å²) < 4.78 is 25.3. The molecule has 3 amide bonds. The second kappa shape index (κ2) is 21.3. The maximum Gasteiger partial charge on any atom is 0.253 e. The predicted molar refractivity (Wildman–Crippen MR) is 255 cm³/mol. The number of aromatic amines is 1. The van der Waals surface area contributed by atoms with Crippen LogP contribution in [0.25, 0.3) is 33.1 Å². The van der Waals surface area contributed by atoms with Crippen molar-refractivity contribution >= 4 is 45.3 Å². The molecule has 346 valence electrons. The Morgan fingerprint density at radius 3 is 2.38 bits per heavy atom. The number of hydrogen-bond donors (Lipinski definition) is 3. The van der Waals surface area contributed by atoms with Gasteiger partial charge in [-0.15, -0.1) is 0 Å². The number of imide groups is 1. The number of nitrogens with zero attached hydrogens (tertiary/aromatic N) is 3. The minimum absolute atomic E-state index is 0.126. The van der Waals surface area contributed by atoms with Gasteiger partial charge in [-0.25, -0.2) is 4.98 Å². The van der Waals surface area contributed by atoms with Crippen molar-refractivity contribution < 1.29 is 33.3 Å². The molecule has 2 aliphatic rings. The molecule has 2 saturated heterocycles. The summed E-state index contributed by atoms with van der Waals surface area (Å²) in [5, 5.41) is 7.54. The molecule has 3 aromatic heterocycles. The first kappa shape index (κ1) is 46.2. The molecule has 0 spiro atoms. The molecule has 6 aromatic rings. The van der Waals surface area contributed by atoms with Gasteiger partial charge in [-0.1, -0.05) is 30.3 Å². The van der Waals surface area contributed by atoms with Crippen LogP contribution in [0.2, 0.25) is 0 Å². The van der Waals surface area contributed by atoms with Gasteiger partial charge in [-0.3, -0.25) is 24.5 Å². The lowest BCUT2D eigenvalue weighted by atomic mass is 9.95. The molecule has 0 radical (unpaired) electrons. The third kappa shape index (κ3) is 10.5. The van der Waals surface area contributed by atoms with E-state index in [2.05, 4.69) is 39.6 Å². The van der Waals surface area contributed by atoms with Crippen molar-refractivity contribution in [2.75, 3.05) is 57.7 Å². The molecule has 1 unspecified atom stereocenters. The second-order valence-electron chi connectivity index (χ2n) is 17.2. The Kier molecular flexibility index (Phi) is 14.9. The first-order valence-electron chi connectivity index (χ1n) is 23.2. The number of benzene rings is 3. The Morgan fingerprint density at radius 2 is 1.62 bits per heavy atom. The Labute approximate surface area is 385 Å². The van der Waals surface area contributed by atoms with Crippen molar-refractivity contribution in [1.29, 1.82) is 0 Å². The van der Waals surface area contributed by atoms with Gasteiger partial charge in [-0.2, -0.15) is 0 Å². The monoisotopic (exact) mass is 896 g/mol. The van der Waals surface area contributed by atoms with E-state index in [0.29, 0.717) is 88.4 Å². The molecule has 0 bridgehead atoms. The Bertz CT molecular complexity index is 2760. The number of aryl methyl sites for hydroxylation is 3. The molecule has 3 aromatic carbocycles. The molecule has 0 aliphatic carbocycles. The number of anilines is 1. The fraction of sp³-hybridized carbons (Fsp3) is 0.404. The van der Waals surface area contributed by atoms with Gasteiger partial charge in [0.25, 0.3) is 11.5 Å². The first-order valence-corrected chi connectivity index (χ1v) is 23.2. The lowest BCUT2D eigenvalue weighted by molar-refractivity contribution is -0.135. The highest BCUT2D eigenvalue weighted by atomic mass is 16.5. The zero-order valence-corrected chi connectivity index (χ0v) is 38.4. The molecule has 14 nitrogen and oxygen atoms in total. The summed E-state index contributed by atoms with van der Waals surface area (Å²) in [5.74, 6) is -0.0498. The van der Waals surface area contributed by atoms with Crippen LogP contribution < -0.4 is 25.8 Å². The van der Waals surface area contributed by atoms with Gasteiger partial charge in [-0.05, 0) is 131 Å². The van der Waals surface area contributed by atoms with Crippen LogP contribution in [-0.2, 0) is 36.8 Å². The lowest BCUT2D eigenvalue weighted by Gasteiger charge is -2.37. The van der Waals surface area contributed by atoms with Crippen LogP contribution in [0.4, 0.5) is 5.69 Å². The van der Waals surface area contributed by atoms with E-state index in [0.717, 1.165) is 87.1 Å². The van der Waals surface area contributed by atoms with Gasteiger partial charge in [0.2, 0.25) is 11.8 Å². The highest BCUT2D eigenvalue weighted by Crippen LogP contribution is 2.36. The average molecular weight is 897 g/mol. The quantitative estimate of drug-likeness (QED) is 0.0550. The Hall–Kier alpha value is -6.35. The summed E-state index contributed by atoms with van der Waals surface area (Å²) >= 11 is 0. The summed E-state index contributed by atoms with van der Waals surface area (Å²) in [4.78, 5) is 61.6. The number of aromatic nitrogens is 3. The fourth-order valence-corrected chi connectivity index (χ4v) is 9.32. The SMILES string of the molecule is CCN(c1cc(-c2ccc(OCCOCCOCCCc3ccc4c5ccccc5n(C5CCC(=O)NC5=O)c4n3)cc2)cc(C(=O)NCc2c(C)cc(C)[nH]c2=O)c1C)C1CCOCC1. The lowest BCUT2D eigenvalue weighted by Crippen LogP contribution is -2.41. The zero-order valence-electron chi connectivity index (χ0n) is 38.4. The number of hydrogen-bond acceptors (Lipinski definition) is 10. The Balaban J connectivity index is 0.820. The predicted octanol–water partition coefficient (Wildman–Crippen LogP) is 7.43. The summed E-state index contributed by atoms with van der Waals surface area (Å²) in [6.45, 7) is 12.4. The highest BCUT2D eigenvalue weighted by Gasteiger charge is 2.31. The molecule has 5 heterocycles. The van der Waals surface area contributed by atoms with Crippen LogP contribution in [0.3, 0.4) is 0 Å². The average Bonchev–Trinajstić information content (AvgIpc) is 3.63. The first-order chi connectivity index (χ1) is 32.1. The number of carbonyl (C=O) groups excluding carboxylic acids is 3. The molecule has 14 heteroatoms. The number of pyridine rings is 2. The zero-order chi connectivity index (χ0) is 46.2.